The van der Waals surface area contributed by atoms with Gasteiger partial charge in [0.15, 0.2) is 0 Å². The molecule has 0 aliphatic heterocycles. The molecule has 2 aliphatic rings. The molecule has 0 atom stereocenters. The first-order chi connectivity index (χ1) is 13.9. The third-order valence-corrected chi connectivity index (χ3v) is 5.23. The largest absolute Gasteiger partial charge is 4.00 e. The molecule has 0 radical (unpaired) electrons. The SMILES string of the molecule is C=C.[F-].[F-].[Zr+4].[c-]1cccc2c1Cc1ccccc1-2.[c-]1cccc2c1Cc1ccccc1-2. The molecule has 2 aliphatic carbocycles. The molecule has 6 rings (SSSR count). The molecule has 0 bridgehead atoms. The predicted molar refractivity (Wildman–Crippen MR) is 118 cm³/mol. The van der Waals surface area contributed by atoms with Crippen LogP contribution in [0.4, 0.5) is 0 Å². The Labute approximate surface area is 202 Å². The maximum Gasteiger partial charge on any atom is 4.00 e. The Balaban J connectivity index is 0.000000264. The summed E-state index contributed by atoms with van der Waals surface area (Å²) in [6.45, 7) is 6.00. The van der Waals surface area contributed by atoms with Crippen molar-refractivity contribution in [2.45, 2.75) is 12.8 Å². The van der Waals surface area contributed by atoms with Crippen LogP contribution >= 0.6 is 0 Å². The van der Waals surface area contributed by atoms with E-state index in [1.165, 1.54) is 44.5 Å². The Kier molecular flexibility index (Phi) is 10.5. The molecule has 0 spiro atoms. The second-order valence-corrected chi connectivity index (χ2v) is 6.79. The van der Waals surface area contributed by atoms with Crippen LogP contribution in [0.2, 0.25) is 0 Å². The molecule has 0 aromatic heterocycles. The van der Waals surface area contributed by atoms with Crippen molar-refractivity contribution in [3.8, 4) is 22.3 Å². The van der Waals surface area contributed by atoms with Crippen molar-refractivity contribution in [3.63, 3.8) is 0 Å². The number of rotatable bonds is 0. The van der Waals surface area contributed by atoms with Crippen molar-refractivity contribution in [1.82, 2.24) is 0 Å². The molecule has 0 amide bonds. The summed E-state index contributed by atoms with van der Waals surface area (Å²) in [5, 5.41) is 0. The van der Waals surface area contributed by atoms with Crippen LogP contribution < -0.4 is 9.41 Å². The van der Waals surface area contributed by atoms with Gasteiger partial charge >= 0.3 is 26.2 Å². The van der Waals surface area contributed by atoms with Gasteiger partial charge in [-0.3, -0.25) is 0 Å². The van der Waals surface area contributed by atoms with E-state index in [9.17, 15) is 0 Å². The van der Waals surface area contributed by atoms with E-state index in [1.807, 2.05) is 12.1 Å². The predicted octanol–water partition coefficient (Wildman–Crippen LogP) is 0.924. The molecule has 0 fully saturated rings. The van der Waals surface area contributed by atoms with Gasteiger partial charge in [-0.2, -0.15) is 59.7 Å². The Morgan fingerprint density at radius 1 is 0.516 bits per heavy atom. The summed E-state index contributed by atoms with van der Waals surface area (Å²) in [4.78, 5) is 0. The van der Waals surface area contributed by atoms with E-state index < -0.39 is 0 Å². The van der Waals surface area contributed by atoms with E-state index in [4.69, 9.17) is 0 Å². The summed E-state index contributed by atoms with van der Waals surface area (Å²) in [5.74, 6) is 0. The molecular weight excluding hydrogens is 466 g/mol. The first-order valence-electron chi connectivity index (χ1n) is 9.56. The summed E-state index contributed by atoms with van der Waals surface area (Å²) in [6.07, 6.45) is 2.10. The Morgan fingerprint density at radius 2 is 0.871 bits per heavy atom. The second kappa shape index (κ2) is 12.3. The van der Waals surface area contributed by atoms with Crippen molar-refractivity contribution in [2.75, 3.05) is 0 Å². The monoisotopic (exact) mass is 486 g/mol. The van der Waals surface area contributed by atoms with Crippen molar-refractivity contribution in [2.24, 2.45) is 0 Å². The van der Waals surface area contributed by atoms with Gasteiger partial charge in [-0.05, 0) is 12.8 Å². The molecule has 0 N–H and O–H groups in total. The van der Waals surface area contributed by atoms with Crippen molar-refractivity contribution >= 4 is 0 Å². The van der Waals surface area contributed by atoms with Crippen LogP contribution in [-0.4, -0.2) is 0 Å². The van der Waals surface area contributed by atoms with Gasteiger partial charge in [-0.25, -0.2) is 0 Å². The minimum atomic E-state index is 0. The maximum absolute atomic E-state index is 3.30. The fourth-order valence-electron chi connectivity index (χ4n) is 4.00. The van der Waals surface area contributed by atoms with Crippen LogP contribution in [0.15, 0.2) is 98.1 Å². The minimum Gasteiger partial charge on any atom is -1.00 e. The average molecular weight is 488 g/mol. The number of fused-ring (bicyclic) bond motifs is 6. The number of halogens is 2. The smallest absolute Gasteiger partial charge is 1.00 e. The van der Waals surface area contributed by atoms with Crippen molar-refractivity contribution in [1.29, 1.82) is 0 Å². The summed E-state index contributed by atoms with van der Waals surface area (Å²) >= 11 is 0. The van der Waals surface area contributed by atoms with E-state index in [1.54, 1.807) is 0 Å². The fourth-order valence-corrected chi connectivity index (χ4v) is 4.00. The van der Waals surface area contributed by atoms with Crippen LogP contribution in [0, 0.1) is 12.1 Å². The second-order valence-electron chi connectivity index (χ2n) is 6.79. The van der Waals surface area contributed by atoms with E-state index in [0.29, 0.717) is 0 Å². The normalized spacial score (nSPS) is 10.5. The van der Waals surface area contributed by atoms with Gasteiger partial charge in [0.2, 0.25) is 0 Å². The van der Waals surface area contributed by atoms with Gasteiger partial charge in [0.05, 0.1) is 0 Å². The quantitative estimate of drug-likeness (QED) is 0.221. The van der Waals surface area contributed by atoms with Gasteiger partial charge in [0, 0.05) is 0 Å². The first kappa shape index (κ1) is 26.4. The summed E-state index contributed by atoms with van der Waals surface area (Å²) < 4.78 is 0. The molecule has 4 aromatic rings. The van der Waals surface area contributed by atoms with Crippen LogP contribution in [-0.2, 0) is 39.0 Å². The molecule has 152 valence electrons. The Morgan fingerprint density at radius 3 is 1.29 bits per heavy atom. The molecular formula is C28H22F2Zr. The molecule has 31 heavy (non-hydrogen) atoms. The van der Waals surface area contributed by atoms with Gasteiger partial charge in [0.25, 0.3) is 0 Å². The maximum atomic E-state index is 3.30. The zero-order chi connectivity index (χ0) is 19.3. The zero-order valence-electron chi connectivity index (χ0n) is 17.2. The average Bonchev–Trinajstić information content (AvgIpc) is 3.34. The van der Waals surface area contributed by atoms with E-state index in [2.05, 4.69) is 98.1 Å². The zero-order valence-corrected chi connectivity index (χ0v) is 19.6. The molecule has 4 aromatic carbocycles. The van der Waals surface area contributed by atoms with Crippen LogP contribution in [0.1, 0.15) is 22.3 Å². The molecule has 0 saturated heterocycles. The molecule has 3 heteroatoms. The van der Waals surface area contributed by atoms with Gasteiger partial charge in [0.1, 0.15) is 0 Å². The number of benzene rings is 4. The Hall–Kier alpha value is -2.64. The van der Waals surface area contributed by atoms with E-state index in [0.717, 1.165) is 12.8 Å². The number of hydrogen-bond donors (Lipinski definition) is 0. The van der Waals surface area contributed by atoms with Crippen molar-refractivity contribution < 1.29 is 35.6 Å². The van der Waals surface area contributed by atoms with Crippen LogP contribution in [0.5, 0.6) is 0 Å². The first-order valence-corrected chi connectivity index (χ1v) is 9.56. The third kappa shape index (κ3) is 5.35. The van der Waals surface area contributed by atoms with Gasteiger partial charge in [-0.15, -0.1) is 24.3 Å². The summed E-state index contributed by atoms with van der Waals surface area (Å²) in [5.41, 5.74) is 11.0. The molecule has 0 unspecified atom stereocenters. The minimum absolute atomic E-state index is 0. The fraction of sp³-hybridized carbons (Fsp3) is 0.0714. The van der Waals surface area contributed by atoms with Gasteiger partial charge < -0.3 is 9.41 Å². The summed E-state index contributed by atoms with van der Waals surface area (Å²) in [7, 11) is 0. The van der Waals surface area contributed by atoms with Crippen LogP contribution in [0.3, 0.4) is 0 Å². The number of hydrogen-bond acceptors (Lipinski definition) is 0. The van der Waals surface area contributed by atoms with Crippen molar-refractivity contribution in [3.05, 3.63) is 132 Å². The topological polar surface area (TPSA) is 0 Å². The summed E-state index contributed by atoms with van der Waals surface area (Å²) in [6, 6.07) is 36.2. The Bertz CT molecular complexity index is 945. The third-order valence-electron chi connectivity index (χ3n) is 5.23. The van der Waals surface area contributed by atoms with E-state index in [-0.39, 0.29) is 35.6 Å². The standard InChI is InChI=1S/2C13H9.C2H4.2FH.Zr/c2*1-3-7-12-10(5-1)9-11-6-2-4-8-13(11)12;1-2;;;/h2*1-5,7-8H,9H2;1-2H2;2*1H;/q2*-1;;;;+4/p-2. The molecule has 0 saturated carbocycles. The van der Waals surface area contributed by atoms with Gasteiger partial charge in [-0.1, -0.05) is 70.8 Å². The van der Waals surface area contributed by atoms with Crippen LogP contribution in [0.25, 0.3) is 22.3 Å². The molecule has 0 nitrogen and oxygen atoms in total. The van der Waals surface area contributed by atoms with E-state index >= 15 is 0 Å². The molecule has 0 heterocycles.